The minimum atomic E-state index is -2.76. The summed E-state index contributed by atoms with van der Waals surface area (Å²) in [5, 5.41) is 11.4. The summed E-state index contributed by atoms with van der Waals surface area (Å²) in [5.74, 6) is -0.176. The van der Waals surface area contributed by atoms with Gasteiger partial charge < -0.3 is 5.32 Å². The Hall–Kier alpha value is -1.67. The summed E-state index contributed by atoms with van der Waals surface area (Å²) in [6.07, 6.45) is 1.40. The Balaban J connectivity index is 1.52. The van der Waals surface area contributed by atoms with E-state index in [2.05, 4.69) is 15.5 Å². The molecular weight excluding hydrogens is 387 g/mol. The largest absolute Gasteiger partial charge is 0.354 e. The third-order valence-corrected chi connectivity index (χ3v) is 4.95. The molecule has 0 bridgehead atoms. The first-order chi connectivity index (χ1) is 12.4. The fourth-order valence-electron chi connectivity index (χ4n) is 2.75. The van der Waals surface area contributed by atoms with Crippen LogP contribution in [0.5, 0.6) is 0 Å². The minimum absolute atomic E-state index is 0.0127. The van der Waals surface area contributed by atoms with Gasteiger partial charge in [0.1, 0.15) is 12.2 Å². The lowest BCUT2D eigenvalue weighted by Gasteiger charge is -2.08. The van der Waals surface area contributed by atoms with Gasteiger partial charge in [-0.1, -0.05) is 23.2 Å². The molecule has 142 valence electrons. The molecule has 0 unspecified atom stereocenters. The molecule has 0 atom stereocenters. The fourth-order valence-corrected chi connectivity index (χ4v) is 3.27. The van der Waals surface area contributed by atoms with Gasteiger partial charge in [0.25, 0.3) is 6.43 Å². The Morgan fingerprint density at radius 2 is 2.12 bits per heavy atom. The van der Waals surface area contributed by atoms with Crippen molar-refractivity contribution >= 4 is 29.1 Å². The van der Waals surface area contributed by atoms with Crippen LogP contribution in [-0.4, -0.2) is 32.0 Å². The molecule has 1 fully saturated rings. The van der Waals surface area contributed by atoms with E-state index in [1.807, 2.05) is 6.92 Å². The van der Waals surface area contributed by atoms with Crippen LogP contribution in [0.2, 0.25) is 10.0 Å². The molecule has 2 aromatic rings. The van der Waals surface area contributed by atoms with Crippen molar-refractivity contribution in [3.05, 3.63) is 33.3 Å². The maximum Gasteiger partial charge on any atom is 0.283 e. The number of aromatic nitrogens is 4. The average molecular weight is 406 g/mol. The monoisotopic (exact) mass is 405 g/mol. The van der Waals surface area contributed by atoms with Crippen LogP contribution in [0.3, 0.4) is 0 Å². The Morgan fingerprint density at radius 3 is 2.69 bits per heavy atom. The molecule has 26 heavy (non-hydrogen) atoms. The number of nitrogens with one attached hydrogen (secondary N) is 1. The van der Waals surface area contributed by atoms with E-state index >= 15 is 0 Å². The second-order valence-corrected chi connectivity index (χ2v) is 7.13. The van der Waals surface area contributed by atoms with Crippen LogP contribution in [-0.2, 0) is 17.9 Å². The molecule has 2 aromatic heterocycles. The molecule has 1 aliphatic rings. The lowest BCUT2D eigenvalue weighted by atomic mass is 10.2. The third-order valence-electron chi connectivity index (χ3n) is 4.19. The van der Waals surface area contributed by atoms with Gasteiger partial charge in [-0.2, -0.15) is 10.2 Å². The maximum absolute atomic E-state index is 13.0. The van der Waals surface area contributed by atoms with Gasteiger partial charge in [-0.25, -0.2) is 8.78 Å². The fraction of sp³-hybridized carbons (Fsp3) is 0.562. The zero-order valence-electron chi connectivity index (χ0n) is 14.2. The molecule has 0 saturated heterocycles. The van der Waals surface area contributed by atoms with Gasteiger partial charge in [0.2, 0.25) is 5.91 Å². The number of aryl methyl sites for hydroxylation is 2. The third kappa shape index (κ3) is 4.35. The average Bonchev–Trinajstić information content (AvgIpc) is 3.28. The van der Waals surface area contributed by atoms with Crippen LogP contribution in [0.15, 0.2) is 6.20 Å². The van der Waals surface area contributed by atoms with E-state index < -0.39 is 12.1 Å². The van der Waals surface area contributed by atoms with Crippen LogP contribution < -0.4 is 5.32 Å². The number of halogens is 4. The van der Waals surface area contributed by atoms with Crippen LogP contribution >= 0.6 is 23.2 Å². The summed E-state index contributed by atoms with van der Waals surface area (Å²) >= 11 is 12.0. The maximum atomic E-state index is 13.0. The molecule has 1 saturated carbocycles. The number of amides is 1. The number of hydrogen-bond donors (Lipinski definition) is 1. The van der Waals surface area contributed by atoms with Crippen molar-refractivity contribution in [1.29, 1.82) is 0 Å². The summed E-state index contributed by atoms with van der Waals surface area (Å²) in [6, 6.07) is 0. The van der Waals surface area contributed by atoms with E-state index in [1.54, 1.807) is 10.9 Å². The Bertz CT molecular complexity index is 781. The lowest BCUT2D eigenvalue weighted by molar-refractivity contribution is -0.121. The van der Waals surface area contributed by atoms with E-state index in [-0.39, 0.29) is 23.4 Å². The quantitative estimate of drug-likeness (QED) is 0.680. The van der Waals surface area contributed by atoms with Crippen molar-refractivity contribution in [2.45, 2.75) is 51.6 Å². The molecule has 1 N–H and O–H groups in total. The molecule has 3 rings (SSSR count). The van der Waals surface area contributed by atoms with Gasteiger partial charge in [0.15, 0.2) is 0 Å². The summed E-state index contributed by atoms with van der Waals surface area (Å²) in [6.45, 7) is 2.75. The van der Waals surface area contributed by atoms with Crippen molar-refractivity contribution in [3.8, 4) is 0 Å². The summed E-state index contributed by atoms with van der Waals surface area (Å²) in [7, 11) is 0. The van der Waals surface area contributed by atoms with Crippen molar-refractivity contribution in [2.75, 3.05) is 6.54 Å². The van der Waals surface area contributed by atoms with Gasteiger partial charge in [0, 0.05) is 25.2 Å². The second-order valence-electron chi connectivity index (χ2n) is 6.35. The molecular formula is C16H19Cl2F2N5O. The van der Waals surface area contributed by atoms with Gasteiger partial charge >= 0.3 is 0 Å². The molecule has 2 heterocycles. The first-order valence-electron chi connectivity index (χ1n) is 8.37. The molecule has 10 heteroatoms. The molecule has 6 nitrogen and oxygen atoms in total. The highest BCUT2D eigenvalue weighted by molar-refractivity contribution is 6.32. The second kappa shape index (κ2) is 7.92. The first kappa shape index (κ1) is 19.1. The SMILES string of the molecule is Cc1nn(CCCNC(=O)Cn2nc(C(F)F)c(Cl)c2C2CC2)cc1Cl. The smallest absolute Gasteiger partial charge is 0.283 e. The number of hydrogen-bond acceptors (Lipinski definition) is 3. The molecule has 1 aliphatic carbocycles. The lowest BCUT2D eigenvalue weighted by Crippen LogP contribution is -2.30. The first-order valence-corrected chi connectivity index (χ1v) is 9.13. The summed E-state index contributed by atoms with van der Waals surface area (Å²) in [5.41, 5.74) is 0.847. The van der Waals surface area contributed by atoms with Crippen molar-refractivity contribution in [3.63, 3.8) is 0 Å². The molecule has 0 aliphatic heterocycles. The summed E-state index contributed by atoms with van der Waals surface area (Å²) < 4.78 is 29.0. The number of rotatable bonds is 8. The van der Waals surface area contributed by atoms with E-state index in [0.717, 1.165) is 18.5 Å². The van der Waals surface area contributed by atoms with Crippen molar-refractivity contribution in [1.82, 2.24) is 24.9 Å². The van der Waals surface area contributed by atoms with Gasteiger partial charge in [-0.05, 0) is 26.2 Å². The van der Waals surface area contributed by atoms with E-state index in [9.17, 15) is 13.6 Å². The highest BCUT2D eigenvalue weighted by Gasteiger charge is 2.34. The van der Waals surface area contributed by atoms with Crippen LogP contribution in [0.25, 0.3) is 0 Å². The molecule has 0 spiro atoms. The topological polar surface area (TPSA) is 64.7 Å². The number of alkyl halides is 2. The highest BCUT2D eigenvalue weighted by atomic mass is 35.5. The number of carbonyl (C=O) groups is 1. The van der Waals surface area contributed by atoms with Crippen LogP contribution in [0, 0.1) is 6.92 Å². The van der Waals surface area contributed by atoms with Crippen molar-refractivity contribution < 1.29 is 13.6 Å². The Kier molecular flexibility index (Phi) is 5.82. The zero-order valence-corrected chi connectivity index (χ0v) is 15.7. The zero-order chi connectivity index (χ0) is 18.8. The molecule has 1 amide bonds. The predicted molar refractivity (Wildman–Crippen MR) is 93.8 cm³/mol. The molecule has 0 radical (unpaired) electrons. The molecule has 0 aromatic carbocycles. The van der Waals surface area contributed by atoms with Gasteiger partial charge in [-0.15, -0.1) is 0 Å². The van der Waals surface area contributed by atoms with Crippen LogP contribution in [0.1, 0.15) is 48.7 Å². The summed E-state index contributed by atoms with van der Waals surface area (Å²) in [4.78, 5) is 12.1. The van der Waals surface area contributed by atoms with Gasteiger partial charge in [0.05, 0.1) is 21.4 Å². The van der Waals surface area contributed by atoms with Gasteiger partial charge in [-0.3, -0.25) is 14.2 Å². The predicted octanol–water partition coefficient (Wildman–Crippen LogP) is 3.72. The Morgan fingerprint density at radius 1 is 1.38 bits per heavy atom. The Labute approximate surface area is 159 Å². The van der Waals surface area contributed by atoms with E-state index in [1.165, 1.54) is 4.68 Å². The standard InChI is InChI=1S/C16H19Cl2F2N5O/c1-9-11(17)7-24(22-9)6-2-5-21-12(26)8-25-15(10-3-4-10)13(18)14(23-25)16(19)20/h7,10,16H,2-6,8H2,1H3,(H,21,26). The van der Waals surface area contributed by atoms with E-state index in [4.69, 9.17) is 23.2 Å². The minimum Gasteiger partial charge on any atom is -0.354 e. The van der Waals surface area contributed by atoms with Crippen molar-refractivity contribution in [2.24, 2.45) is 0 Å². The van der Waals surface area contributed by atoms with E-state index in [0.29, 0.717) is 30.2 Å². The highest BCUT2D eigenvalue weighted by Crippen LogP contribution is 2.45. The number of nitrogens with zero attached hydrogens (tertiary/aromatic N) is 4. The number of carbonyl (C=O) groups excluding carboxylic acids is 1. The normalized spacial score (nSPS) is 14.2. The van der Waals surface area contributed by atoms with Crippen LogP contribution in [0.4, 0.5) is 8.78 Å².